The molecule has 0 spiro atoms. The highest BCUT2D eigenvalue weighted by Crippen LogP contribution is 2.22. The van der Waals surface area contributed by atoms with Crippen molar-refractivity contribution in [1.29, 1.82) is 0 Å². The maximum atomic E-state index is 12.3. The molecule has 1 aromatic heterocycles. The smallest absolute Gasteiger partial charge is 0.357 e. The maximum Gasteiger partial charge on any atom is 0.357 e. The molecule has 4 heteroatoms. The molecule has 0 atom stereocenters. The van der Waals surface area contributed by atoms with Gasteiger partial charge in [0.05, 0.1) is 18.0 Å². The first-order valence-electron chi connectivity index (χ1n) is 7.58. The van der Waals surface area contributed by atoms with Crippen LogP contribution in [-0.2, 0) is 4.74 Å². The van der Waals surface area contributed by atoms with E-state index in [0.717, 1.165) is 16.9 Å². The van der Waals surface area contributed by atoms with Crippen LogP contribution in [0.15, 0.2) is 60.7 Å². The quantitative estimate of drug-likeness (QED) is 0.684. The number of rotatable bonds is 4. The first-order chi connectivity index (χ1) is 11.2. The second-order valence-corrected chi connectivity index (χ2v) is 5.25. The summed E-state index contributed by atoms with van der Waals surface area (Å²) in [4.78, 5) is 12.3. The largest absolute Gasteiger partial charge is 0.461 e. The summed E-state index contributed by atoms with van der Waals surface area (Å²) in [7, 11) is 0. The van der Waals surface area contributed by atoms with Crippen molar-refractivity contribution in [2.24, 2.45) is 0 Å². The summed E-state index contributed by atoms with van der Waals surface area (Å²) in [5, 5.41) is 4.60. The molecule has 3 aromatic rings. The Morgan fingerprint density at radius 2 is 1.78 bits per heavy atom. The van der Waals surface area contributed by atoms with E-state index in [1.807, 2.05) is 61.5 Å². The van der Waals surface area contributed by atoms with Crippen molar-refractivity contribution in [3.8, 4) is 16.9 Å². The van der Waals surface area contributed by atoms with Crippen LogP contribution >= 0.6 is 0 Å². The molecule has 0 saturated carbocycles. The number of aryl methyl sites for hydroxylation is 1. The fourth-order valence-electron chi connectivity index (χ4n) is 2.36. The Balaban J connectivity index is 2.10. The van der Waals surface area contributed by atoms with Crippen LogP contribution in [0.3, 0.4) is 0 Å². The maximum absolute atomic E-state index is 12.3. The molecule has 0 bridgehead atoms. The summed E-state index contributed by atoms with van der Waals surface area (Å²) >= 11 is 0. The Labute approximate surface area is 135 Å². The first-order valence-corrected chi connectivity index (χ1v) is 7.58. The van der Waals surface area contributed by atoms with Crippen molar-refractivity contribution >= 4 is 5.97 Å². The molecule has 116 valence electrons. The lowest BCUT2D eigenvalue weighted by Crippen LogP contribution is -2.11. The predicted octanol–water partition coefficient (Wildman–Crippen LogP) is 4.02. The van der Waals surface area contributed by atoms with Crippen molar-refractivity contribution in [1.82, 2.24) is 9.78 Å². The van der Waals surface area contributed by atoms with E-state index in [4.69, 9.17) is 4.74 Å². The summed E-state index contributed by atoms with van der Waals surface area (Å²) in [6, 6.07) is 19.4. The van der Waals surface area contributed by atoms with Gasteiger partial charge in [-0.1, -0.05) is 48.0 Å². The topological polar surface area (TPSA) is 44.1 Å². The molecule has 0 aliphatic carbocycles. The van der Waals surface area contributed by atoms with Crippen LogP contribution in [0.1, 0.15) is 23.0 Å². The normalized spacial score (nSPS) is 10.5. The monoisotopic (exact) mass is 306 g/mol. The third-order valence-electron chi connectivity index (χ3n) is 3.54. The van der Waals surface area contributed by atoms with Crippen molar-refractivity contribution < 1.29 is 9.53 Å². The van der Waals surface area contributed by atoms with Gasteiger partial charge in [0.25, 0.3) is 0 Å². The molecule has 3 rings (SSSR count). The van der Waals surface area contributed by atoms with Crippen molar-refractivity contribution in [2.45, 2.75) is 13.8 Å². The van der Waals surface area contributed by atoms with Gasteiger partial charge in [0, 0.05) is 5.56 Å². The average molecular weight is 306 g/mol. The van der Waals surface area contributed by atoms with Gasteiger partial charge in [-0.3, -0.25) is 0 Å². The number of benzene rings is 2. The van der Waals surface area contributed by atoms with E-state index in [-0.39, 0.29) is 5.97 Å². The molecule has 0 N–H and O–H groups in total. The summed E-state index contributed by atoms with van der Waals surface area (Å²) in [6.45, 7) is 4.16. The Hall–Kier alpha value is -2.88. The van der Waals surface area contributed by atoms with Crippen LogP contribution in [0.4, 0.5) is 0 Å². The zero-order valence-electron chi connectivity index (χ0n) is 13.2. The predicted molar refractivity (Wildman–Crippen MR) is 89.7 cm³/mol. The van der Waals surface area contributed by atoms with E-state index in [2.05, 4.69) is 5.10 Å². The van der Waals surface area contributed by atoms with E-state index >= 15 is 0 Å². The Morgan fingerprint density at radius 1 is 1.09 bits per heavy atom. The summed E-state index contributed by atoms with van der Waals surface area (Å²) in [5.41, 5.74) is 4.15. The molecule has 1 heterocycles. The fraction of sp³-hybridized carbons (Fsp3) is 0.158. The van der Waals surface area contributed by atoms with Crippen LogP contribution in [0, 0.1) is 6.92 Å². The van der Waals surface area contributed by atoms with E-state index in [1.165, 1.54) is 5.56 Å². The minimum absolute atomic E-state index is 0.332. The van der Waals surface area contributed by atoms with Crippen molar-refractivity contribution in [3.63, 3.8) is 0 Å². The Bertz CT molecular complexity index is 805. The molecular formula is C19H18N2O2. The molecule has 0 aliphatic heterocycles. The lowest BCUT2D eigenvalue weighted by atomic mass is 10.1. The van der Waals surface area contributed by atoms with Gasteiger partial charge in [0.1, 0.15) is 0 Å². The molecular weight excluding hydrogens is 288 g/mol. The third-order valence-corrected chi connectivity index (χ3v) is 3.54. The molecule has 23 heavy (non-hydrogen) atoms. The molecule has 0 radical (unpaired) electrons. The van der Waals surface area contributed by atoms with Gasteiger partial charge in [-0.25, -0.2) is 9.48 Å². The highest BCUT2D eigenvalue weighted by molar-refractivity contribution is 5.89. The van der Waals surface area contributed by atoms with E-state index < -0.39 is 0 Å². The summed E-state index contributed by atoms with van der Waals surface area (Å²) in [6.07, 6.45) is 0. The van der Waals surface area contributed by atoms with Crippen molar-refractivity contribution in [3.05, 3.63) is 71.9 Å². The summed E-state index contributed by atoms with van der Waals surface area (Å²) < 4.78 is 6.79. The lowest BCUT2D eigenvalue weighted by Gasteiger charge is -2.06. The zero-order valence-corrected chi connectivity index (χ0v) is 13.2. The van der Waals surface area contributed by atoms with Crippen molar-refractivity contribution in [2.75, 3.05) is 6.61 Å². The SMILES string of the molecule is CCOC(=O)c1cc(-c2ccc(C)cc2)nn1-c1ccccc1. The fourth-order valence-corrected chi connectivity index (χ4v) is 2.36. The number of hydrogen-bond acceptors (Lipinski definition) is 3. The number of para-hydroxylation sites is 1. The highest BCUT2D eigenvalue weighted by atomic mass is 16.5. The third kappa shape index (κ3) is 3.16. The van der Waals surface area contributed by atoms with Gasteiger partial charge in [-0.05, 0) is 32.0 Å². The number of carbonyl (C=O) groups excluding carboxylic acids is 1. The number of esters is 1. The zero-order chi connectivity index (χ0) is 16.2. The molecule has 0 amide bonds. The second kappa shape index (κ2) is 6.48. The van der Waals surface area contributed by atoms with Gasteiger partial charge in [0.15, 0.2) is 5.69 Å². The van der Waals surface area contributed by atoms with Gasteiger partial charge >= 0.3 is 5.97 Å². The lowest BCUT2D eigenvalue weighted by molar-refractivity contribution is 0.0516. The highest BCUT2D eigenvalue weighted by Gasteiger charge is 2.18. The van der Waals surface area contributed by atoms with Gasteiger partial charge in [0.2, 0.25) is 0 Å². The standard InChI is InChI=1S/C19H18N2O2/c1-3-23-19(22)18-13-17(15-11-9-14(2)10-12-15)20-21(18)16-7-5-4-6-8-16/h4-13H,3H2,1-2H3. The molecule has 4 nitrogen and oxygen atoms in total. The van der Waals surface area contributed by atoms with Gasteiger partial charge < -0.3 is 4.74 Å². The first kappa shape index (κ1) is 15.0. The van der Waals surface area contributed by atoms with E-state index in [0.29, 0.717) is 12.3 Å². The van der Waals surface area contributed by atoms with Crippen LogP contribution in [0.25, 0.3) is 16.9 Å². The molecule has 0 unspecified atom stereocenters. The number of nitrogens with zero attached hydrogens (tertiary/aromatic N) is 2. The minimum atomic E-state index is -0.373. The molecule has 0 aliphatic rings. The number of aromatic nitrogens is 2. The summed E-state index contributed by atoms with van der Waals surface area (Å²) in [5.74, 6) is -0.373. The van der Waals surface area contributed by atoms with Crippen LogP contribution < -0.4 is 0 Å². The minimum Gasteiger partial charge on any atom is -0.461 e. The number of hydrogen-bond donors (Lipinski definition) is 0. The van der Waals surface area contributed by atoms with Crippen LogP contribution in [0.2, 0.25) is 0 Å². The Morgan fingerprint density at radius 3 is 2.43 bits per heavy atom. The number of ether oxygens (including phenoxy) is 1. The van der Waals surface area contributed by atoms with E-state index in [9.17, 15) is 4.79 Å². The second-order valence-electron chi connectivity index (χ2n) is 5.25. The molecule has 2 aromatic carbocycles. The molecule has 0 saturated heterocycles. The van der Waals surface area contributed by atoms with Crippen LogP contribution in [-0.4, -0.2) is 22.4 Å². The van der Waals surface area contributed by atoms with Gasteiger partial charge in [-0.15, -0.1) is 0 Å². The van der Waals surface area contributed by atoms with E-state index in [1.54, 1.807) is 17.7 Å². The molecule has 0 fully saturated rings. The average Bonchev–Trinajstić information content (AvgIpc) is 3.02. The van der Waals surface area contributed by atoms with Gasteiger partial charge in [-0.2, -0.15) is 5.10 Å². The number of carbonyl (C=O) groups is 1. The van der Waals surface area contributed by atoms with Crippen LogP contribution in [0.5, 0.6) is 0 Å². The Kier molecular flexibility index (Phi) is 4.24.